The SMILES string of the molecule is FCCCNc1ncncc1Cl. The molecule has 1 aromatic heterocycles. The van der Waals surface area contributed by atoms with Gasteiger partial charge in [-0.15, -0.1) is 0 Å². The molecule has 1 rings (SSSR count). The maximum Gasteiger partial charge on any atom is 0.148 e. The molecule has 0 unspecified atom stereocenters. The third kappa shape index (κ3) is 2.62. The zero-order valence-electron chi connectivity index (χ0n) is 6.43. The van der Waals surface area contributed by atoms with Crippen molar-refractivity contribution in [3.05, 3.63) is 17.5 Å². The van der Waals surface area contributed by atoms with Crippen molar-refractivity contribution in [1.29, 1.82) is 0 Å². The summed E-state index contributed by atoms with van der Waals surface area (Å²) in [5.41, 5.74) is 0. The molecule has 0 aliphatic rings. The van der Waals surface area contributed by atoms with E-state index < -0.39 is 0 Å². The van der Waals surface area contributed by atoms with Crippen LogP contribution >= 0.6 is 11.6 Å². The molecule has 1 heterocycles. The lowest BCUT2D eigenvalue weighted by molar-refractivity contribution is 0.481. The lowest BCUT2D eigenvalue weighted by Crippen LogP contribution is -2.04. The third-order valence-corrected chi connectivity index (χ3v) is 1.55. The Morgan fingerprint density at radius 2 is 2.42 bits per heavy atom. The van der Waals surface area contributed by atoms with Gasteiger partial charge in [-0.25, -0.2) is 9.97 Å². The highest BCUT2D eigenvalue weighted by atomic mass is 35.5. The summed E-state index contributed by atoms with van der Waals surface area (Å²) in [6, 6.07) is 0. The molecule has 0 bridgehead atoms. The molecule has 66 valence electrons. The number of hydrogen-bond acceptors (Lipinski definition) is 3. The quantitative estimate of drug-likeness (QED) is 0.736. The fourth-order valence-corrected chi connectivity index (χ4v) is 0.888. The maximum absolute atomic E-state index is 11.7. The summed E-state index contributed by atoms with van der Waals surface area (Å²) < 4.78 is 11.7. The minimum atomic E-state index is -0.338. The van der Waals surface area contributed by atoms with E-state index in [2.05, 4.69) is 15.3 Å². The van der Waals surface area contributed by atoms with E-state index in [0.717, 1.165) is 0 Å². The Morgan fingerprint density at radius 3 is 3.08 bits per heavy atom. The van der Waals surface area contributed by atoms with E-state index in [1.807, 2.05) is 0 Å². The summed E-state index contributed by atoms with van der Waals surface area (Å²) in [7, 11) is 0. The molecule has 0 saturated heterocycles. The van der Waals surface area contributed by atoms with Crippen molar-refractivity contribution >= 4 is 17.4 Å². The molecule has 12 heavy (non-hydrogen) atoms. The summed E-state index contributed by atoms with van der Waals surface area (Å²) in [4.78, 5) is 7.59. The van der Waals surface area contributed by atoms with Crippen molar-refractivity contribution in [3.8, 4) is 0 Å². The van der Waals surface area contributed by atoms with Crippen LogP contribution in [-0.2, 0) is 0 Å². The van der Waals surface area contributed by atoms with Crippen LogP contribution in [0.1, 0.15) is 6.42 Å². The second-order valence-corrected chi connectivity index (χ2v) is 2.60. The number of alkyl halides is 1. The molecule has 3 nitrogen and oxygen atoms in total. The first kappa shape index (κ1) is 9.19. The fraction of sp³-hybridized carbons (Fsp3) is 0.429. The Hall–Kier alpha value is -0.900. The van der Waals surface area contributed by atoms with E-state index in [-0.39, 0.29) is 6.67 Å². The maximum atomic E-state index is 11.7. The largest absolute Gasteiger partial charge is 0.369 e. The molecule has 0 amide bonds. The van der Waals surface area contributed by atoms with Crippen LogP contribution in [-0.4, -0.2) is 23.2 Å². The molecule has 0 spiro atoms. The number of aromatic nitrogens is 2. The summed E-state index contributed by atoms with van der Waals surface area (Å²) in [6.07, 6.45) is 3.34. The molecule has 1 N–H and O–H groups in total. The van der Waals surface area contributed by atoms with Gasteiger partial charge in [-0.2, -0.15) is 0 Å². The topological polar surface area (TPSA) is 37.8 Å². The minimum absolute atomic E-state index is 0.338. The number of halogens is 2. The molecule has 0 aliphatic carbocycles. The van der Waals surface area contributed by atoms with E-state index in [1.54, 1.807) is 0 Å². The van der Waals surface area contributed by atoms with Gasteiger partial charge < -0.3 is 5.32 Å². The Balaban J connectivity index is 2.46. The van der Waals surface area contributed by atoms with Crippen LogP contribution in [0.4, 0.5) is 10.2 Å². The molecule has 0 radical (unpaired) electrons. The van der Waals surface area contributed by atoms with Gasteiger partial charge in [0.2, 0.25) is 0 Å². The standard InChI is InChI=1S/C7H9ClFN3/c8-6-4-10-5-12-7(6)11-3-1-2-9/h4-5H,1-3H2,(H,10,11,12). The predicted molar refractivity (Wildman–Crippen MR) is 46.1 cm³/mol. The molecule has 0 atom stereocenters. The molecular formula is C7H9ClFN3. The summed E-state index contributed by atoms with van der Waals surface area (Å²) in [5.74, 6) is 0.556. The van der Waals surface area contributed by atoms with Crippen LogP contribution in [0.15, 0.2) is 12.5 Å². The van der Waals surface area contributed by atoms with Crippen LogP contribution in [0.3, 0.4) is 0 Å². The average molecular weight is 190 g/mol. The molecule has 0 saturated carbocycles. The Kier molecular flexibility index (Phi) is 3.73. The predicted octanol–water partition coefficient (Wildman–Crippen LogP) is 1.90. The van der Waals surface area contributed by atoms with Crippen molar-refractivity contribution in [2.75, 3.05) is 18.5 Å². The van der Waals surface area contributed by atoms with Crippen molar-refractivity contribution in [1.82, 2.24) is 9.97 Å². The van der Waals surface area contributed by atoms with E-state index in [1.165, 1.54) is 12.5 Å². The zero-order valence-corrected chi connectivity index (χ0v) is 7.18. The highest BCUT2D eigenvalue weighted by molar-refractivity contribution is 6.32. The second kappa shape index (κ2) is 4.87. The van der Waals surface area contributed by atoms with Gasteiger partial charge in [-0.3, -0.25) is 4.39 Å². The van der Waals surface area contributed by atoms with E-state index in [4.69, 9.17) is 11.6 Å². The van der Waals surface area contributed by atoms with Gasteiger partial charge in [0.25, 0.3) is 0 Å². The summed E-state index contributed by atoms with van der Waals surface area (Å²) in [5, 5.41) is 3.35. The van der Waals surface area contributed by atoms with Crippen LogP contribution < -0.4 is 5.32 Å². The van der Waals surface area contributed by atoms with Crippen LogP contribution in [0, 0.1) is 0 Å². The Bertz CT molecular complexity index is 244. The lowest BCUT2D eigenvalue weighted by Gasteiger charge is -2.03. The first-order valence-electron chi connectivity index (χ1n) is 3.60. The van der Waals surface area contributed by atoms with Gasteiger partial charge >= 0.3 is 0 Å². The van der Waals surface area contributed by atoms with Crippen LogP contribution in [0.2, 0.25) is 5.02 Å². The molecule has 0 aromatic carbocycles. The van der Waals surface area contributed by atoms with Gasteiger partial charge in [0.05, 0.1) is 12.9 Å². The van der Waals surface area contributed by atoms with Gasteiger partial charge in [-0.05, 0) is 6.42 Å². The number of hydrogen-bond donors (Lipinski definition) is 1. The normalized spacial score (nSPS) is 9.83. The Morgan fingerprint density at radius 1 is 1.58 bits per heavy atom. The first-order valence-corrected chi connectivity index (χ1v) is 3.97. The van der Waals surface area contributed by atoms with Crippen molar-refractivity contribution < 1.29 is 4.39 Å². The van der Waals surface area contributed by atoms with Gasteiger partial charge in [0.1, 0.15) is 17.2 Å². The number of rotatable bonds is 4. The third-order valence-electron chi connectivity index (χ3n) is 1.27. The highest BCUT2D eigenvalue weighted by Gasteiger charge is 1.98. The minimum Gasteiger partial charge on any atom is -0.369 e. The smallest absolute Gasteiger partial charge is 0.148 e. The van der Waals surface area contributed by atoms with Crippen LogP contribution in [0.25, 0.3) is 0 Å². The van der Waals surface area contributed by atoms with Gasteiger partial charge in [-0.1, -0.05) is 11.6 Å². The zero-order chi connectivity index (χ0) is 8.81. The van der Waals surface area contributed by atoms with E-state index >= 15 is 0 Å². The molecule has 0 fully saturated rings. The number of anilines is 1. The molecular weight excluding hydrogens is 181 g/mol. The van der Waals surface area contributed by atoms with E-state index in [0.29, 0.717) is 23.8 Å². The van der Waals surface area contributed by atoms with Crippen molar-refractivity contribution in [2.24, 2.45) is 0 Å². The highest BCUT2D eigenvalue weighted by Crippen LogP contribution is 2.15. The number of nitrogens with zero attached hydrogens (tertiary/aromatic N) is 2. The second-order valence-electron chi connectivity index (χ2n) is 2.19. The molecule has 1 aromatic rings. The number of nitrogens with one attached hydrogen (secondary N) is 1. The van der Waals surface area contributed by atoms with Gasteiger partial charge in [0.15, 0.2) is 0 Å². The van der Waals surface area contributed by atoms with Crippen molar-refractivity contribution in [2.45, 2.75) is 6.42 Å². The average Bonchev–Trinajstić information content (AvgIpc) is 2.09. The monoisotopic (exact) mass is 189 g/mol. The summed E-state index contributed by atoms with van der Waals surface area (Å²) >= 11 is 5.72. The van der Waals surface area contributed by atoms with Gasteiger partial charge in [0, 0.05) is 6.54 Å². The van der Waals surface area contributed by atoms with Crippen LogP contribution in [0.5, 0.6) is 0 Å². The Labute approximate surface area is 75.0 Å². The van der Waals surface area contributed by atoms with Crippen molar-refractivity contribution in [3.63, 3.8) is 0 Å². The first-order chi connectivity index (χ1) is 5.84. The summed E-state index contributed by atoms with van der Waals surface area (Å²) in [6.45, 7) is 0.197. The fourth-order valence-electron chi connectivity index (χ4n) is 0.716. The van der Waals surface area contributed by atoms with E-state index in [9.17, 15) is 4.39 Å². The molecule has 0 aliphatic heterocycles. The lowest BCUT2D eigenvalue weighted by atomic mass is 10.4. The molecule has 5 heteroatoms.